The van der Waals surface area contributed by atoms with Crippen LogP contribution in [0, 0.1) is 45.3 Å². The predicted molar refractivity (Wildman–Crippen MR) is 167 cm³/mol. The fourth-order valence-electron chi connectivity index (χ4n) is 11.5. The molecule has 6 rings (SSSR count). The van der Waals surface area contributed by atoms with E-state index in [4.69, 9.17) is 14.2 Å². The van der Waals surface area contributed by atoms with Crippen LogP contribution in [-0.2, 0) is 14.2 Å². The van der Waals surface area contributed by atoms with Gasteiger partial charge in [-0.2, -0.15) is 0 Å². The molecule has 0 amide bonds. The second-order valence-electron chi connectivity index (χ2n) is 17.1. The van der Waals surface area contributed by atoms with Crippen molar-refractivity contribution in [2.45, 2.75) is 148 Å². The number of rotatable bonds is 7. The Hall–Kier alpha value is -0.880. The van der Waals surface area contributed by atoms with Crippen LogP contribution in [0.5, 0.6) is 0 Å². The highest BCUT2D eigenvalue weighted by molar-refractivity contribution is 5.34. The summed E-state index contributed by atoms with van der Waals surface area (Å²) in [6, 6.07) is 0. The van der Waals surface area contributed by atoms with Crippen LogP contribution in [-0.4, -0.2) is 91.5 Å². The van der Waals surface area contributed by atoms with Gasteiger partial charge in [-0.05, 0) is 87.4 Å². The average Bonchev–Trinajstić information content (AvgIpc) is 3.32. The van der Waals surface area contributed by atoms with E-state index in [1.165, 1.54) is 0 Å². The minimum atomic E-state index is -1.51. The average molecular weight is 635 g/mol. The molecule has 15 atom stereocenters. The smallest absolute Gasteiger partial charge is 0.186 e. The van der Waals surface area contributed by atoms with E-state index in [1.54, 1.807) is 0 Å². The molecule has 2 saturated heterocycles. The molecule has 1 unspecified atom stereocenters. The third-order valence-corrected chi connectivity index (χ3v) is 14.3. The molecule has 4 aliphatic carbocycles. The van der Waals surface area contributed by atoms with E-state index in [9.17, 15) is 30.6 Å². The first kappa shape index (κ1) is 34.0. The van der Waals surface area contributed by atoms with Gasteiger partial charge in [0.05, 0.1) is 18.3 Å². The first-order valence-electron chi connectivity index (χ1n) is 17.3. The lowest BCUT2D eigenvalue weighted by Gasteiger charge is -2.65. The molecule has 6 N–H and O–H groups in total. The topological polar surface area (TPSA) is 149 Å². The summed E-state index contributed by atoms with van der Waals surface area (Å²) in [7, 11) is 0. The Kier molecular flexibility index (Phi) is 8.37. The maximum atomic E-state index is 12.0. The van der Waals surface area contributed by atoms with Gasteiger partial charge in [-0.3, -0.25) is 0 Å². The van der Waals surface area contributed by atoms with Crippen LogP contribution in [0.4, 0.5) is 0 Å². The number of hydrogen-bond acceptors (Lipinski definition) is 9. The fourth-order valence-corrected chi connectivity index (χ4v) is 11.5. The van der Waals surface area contributed by atoms with Gasteiger partial charge in [-0.1, -0.05) is 58.9 Å². The van der Waals surface area contributed by atoms with E-state index < -0.39 is 71.7 Å². The highest BCUT2D eigenvalue weighted by Crippen LogP contribution is 2.78. The standard InChI is InChI=1S/C36H58O9/c1-20(9-8-14-31(2,3)42)21-12-15-34(7)23-13-16-36-24(35(23,30(41)45-36)18-17-33(21,34)6)10-11-25(32(36,4)5)44-29-28(40)27(39)26(38)22(19-37)43-29/h8,13-14,16,20-30,37-42H,9-12,15,17-19H2,1-7H3/b14-8+/t20-,21-,22-,23+,24+,25+,26-,27+,28-,29+,30?,33-,34+,35-,36+/m1/s1. The van der Waals surface area contributed by atoms with Crippen molar-refractivity contribution in [2.75, 3.05) is 6.61 Å². The SMILES string of the molecule is C[C@H](C/C=C/C(C)(C)O)[C@H]1CC[C@@]2(C)[C@@H]3C=C[C@]45OC(O)[C@@]3(CC[C@]12C)[C@@H]4CC[C@H](O[C@@H]1O[C@H](CO)[C@@H](O)[C@H](O)[C@H]1O)C5(C)C. The molecule has 2 bridgehead atoms. The highest BCUT2D eigenvalue weighted by atomic mass is 16.7. The minimum absolute atomic E-state index is 0.00466. The molecule has 0 aromatic rings. The molecule has 5 fully saturated rings. The molecule has 2 aliphatic heterocycles. The first-order chi connectivity index (χ1) is 20.9. The van der Waals surface area contributed by atoms with Gasteiger partial charge in [-0.25, -0.2) is 0 Å². The van der Waals surface area contributed by atoms with Crippen LogP contribution in [0.15, 0.2) is 24.3 Å². The van der Waals surface area contributed by atoms with Gasteiger partial charge in [0.25, 0.3) is 0 Å². The quantitative estimate of drug-likeness (QED) is 0.232. The van der Waals surface area contributed by atoms with Crippen LogP contribution in [0.2, 0.25) is 0 Å². The summed E-state index contributed by atoms with van der Waals surface area (Å²) in [5.74, 6) is 1.29. The summed E-state index contributed by atoms with van der Waals surface area (Å²) >= 11 is 0. The summed E-state index contributed by atoms with van der Waals surface area (Å²) in [5, 5.41) is 63.2. The molecule has 0 aromatic heterocycles. The zero-order chi connectivity index (χ0) is 33.0. The van der Waals surface area contributed by atoms with Crippen molar-refractivity contribution < 1.29 is 44.8 Å². The van der Waals surface area contributed by atoms with Gasteiger partial charge in [0.2, 0.25) is 0 Å². The number of aliphatic hydroxyl groups is 6. The van der Waals surface area contributed by atoms with Crippen molar-refractivity contribution in [3.8, 4) is 0 Å². The summed E-state index contributed by atoms with van der Waals surface area (Å²) in [6.45, 7) is 14.6. The number of allylic oxidation sites excluding steroid dienone is 2. The highest BCUT2D eigenvalue weighted by Gasteiger charge is 2.78. The molecule has 9 nitrogen and oxygen atoms in total. The Morgan fingerprint density at radius 3 is 2.33 bits per heavy atom. The molecule has 0 aromatic carbocycles. The Bertz CT molecular complexity index is 1180. The van der Waals surface area contributed by atoms with Gasteiger partial charge in [0.1, 0.15) is 30.0 Å². The minimum Gasteiger partial charge on any atom is -0.394 e. The van der Waals surface area contributed by atoms with E-state index >= 15 is 0 Å². The van der Waals surface area contributed by atoms with E-state index in [0.29, 0.717) is 18.3 Å². The third kappa shape index (κ3) is 4.66. The van der Waals surface area contributed by atoms with E-state index in [1.807, 2.05) is 19.9 Å². The van der Waals surface area contributed by atoms with Crippen molar-refractivity contribution >= 4 is 0 Å². The molecule has 3 saturated carbocycles. The maximum absolute atomic E-state index is 12.0. The number of aliphatic hydroxyl groups excluding tert-OH is 5. The summed E-state index contributed by atoms with van der Waals surface area (Å²) in [4.78, 5) is 0. The van der Waals surface area contributed by atoms with Crippen molar-refractivity contribution in [2.24, 2.45) is 45.3 Å². The maximum Gasteiger partial charge on any atom is 0.186 e. The first-order valence-corrected chi connectivity index (χ1v) is 17.3. The van der Waals surface area contributed by atoms with Crippen LogP contribution >= 0.6 is 0 Å². The number of ether oxygens (including phenoxy) is 3. The van der Waals surface area contributed by atoms with Crippen molar-refractivity contribution in [1.29, 1.82) is 0 Å². The monoisotopic (exact) mass is 634 g/mol. The van der Waals surface area contributed by atoms with Crippen LogP contribution in [0.3, 0.4) is 0 Å². The molecular formula is C36H58O9. The van der Waals surface area contributed by atoms with Crippen molar-refractivity contribution in [3.05, 3.63) is 24.3 Å². The second kappa shape index (κ2) is 11.1. The molecule has 9 heteroatoms. The van der Waals surface area contributed by atoms with Crippen molar-refractivity contribution in [3.63, 3.8) is 0 Å². The van der Waals surface area contributed by atoms with Crippen LogP contribution < -0.4 is 0 Å². The van der Waals surface area contributed by atoms with Gasteiger partial charge in [-0.15, -0.1) is 0 Å². The molecule has 45 heavy (non-hydrogen) atoms. The molecular weight excluding hydrogens is 576 g/mol. The Morgan fingerprint density at radius 1 is 0.956 bits per heavy atom. The summed E-state index contributed by atoms with van der Waals surface area (Å²) in [5.41, 5.74) is -2.52. The Labute approximate surface area is 268 Å². The van der Waals surface area contributed by atoms with Crippen LogP contribution in [0.25, 0.3) is 0 Å². The van der Waals surface area contributed by atoms with Gasteiger partial charge in [0, 0.05) is 16.7 Å². The third-order valence-electron chi connectivity index (χ3n) is 14.3. The van der Waals surface area contributed by atoms with E-state index in [-0.39, 0.29) is 22.7 Å². The Balaban J connectivity index is 1.28. The van der Waals surface area contributed by atoms with Gasteiger partial charge in [0.15, 0.2) is 12.6 Å². The van der Waals surface area contributed by atoms with E-state index in [0.717, 1.165) is 38.5 Å². The number of hydrogen-bond donors (Lipinski definition) is 6. The zero-order valence-corrected chi connectivity index (χ0v) is 28.2. The molecule has 2 heterocycles. The summed E-state index contributed by atoms with van der Waals surface area (Å²) < 4.78 is 18.9. The lowest BCUT2D eigenvalue weighted by atomic mass is 9.38. The fraction of sp³-hybridized carbons (Fsp3) is 0.889. The number of fused-ring (bicyclic) bond motifs is 2. The lowest BCUT2D eigenvalue weighted by molar-refractivity contribution is -0.330. The predicted octanol–water partition coefficient (Wildman–Crippen LogP) is 3.44. The van der Waals surface area contributed by atoms with Gasteiger partial charge < -0.3 is 44.8 Å². The normalized spacial score (nSPS) is 52.8. The lowest BCUT2D eigenvalue weighted by Crippen LogP contribution is -2.66. The zero-order valence-electron chi connectivity index (χ0n) is 28.2. The molecule has 1 spiro atoms. The second-order valence-corrected chi connectivity index (χ2v) is 17.1. The largest absolute Gasteiger partial charge is 0.394 e. The summed E-state index contributed by atoms with van der Waals surface area (Å²) in [6.07, 6.45) is 7.14. The molecule has 256 valence electrons. The van der Waals surface area contributed by atoms with Gasteiger partial charge >= 0.3 is 0 Å². The van der Waals surface area contributed by atoms with Crippen molar-refractivity contribution in [1.82, 2.24) is 0 Å². The molecule has 0 radical (unpaired) electrons. The van der Waals surface area contributed by atoms with E-state index in [2.05, 4.69) is 52.8 Å². The Morgan fingerprint density at radius 2 is 1.67 bits per heavy atom. The molecule has 6 aliphatic rings. The van der Waals surface area contributed by atoms with Crippen LogP contribution in [0.1, 0.15) is 93.4 Å².